The van der Waals surface area contributed by atoms with Crippen molar-refractivity contribution < 1.29 is 28.7 Å². The average Bonchev–Trinajstić information content (AvgIpc) is 2.97. The molecule has 0 aliphatic carbocycles. The van der Waals surface area contributed by atoms with Crippen LogP contribution in [-0.4, -0.2) is 83.1 Å². The number of pyridine rings is 1. The number of hydrogen-bond acceptors (Lipinski definition) is 7. The summed E-state index contributed by atoms with van der Waals surface area (Å²) in [5.74, 6) is -1.26. The Hall–Kier alpha value is -3.95. The molecular weight excluding hydrogens is 536 g/mol. The number of aromatic nitrogens is 1. The third kappa shape index (κ3) is 9.85. The van der Waals surface area contributed by atoms with Crippen LogP contribution in [0.2, 0.25) is 0 Å². The lowest BCUT2D eigenvalue weighted by Gasteiger charge is -2.36. The van der Waals surface area contributed by atoms with Gasteiger partial charge in [0.1, 0.15) is 17.3 Å². The fourth-order valence-electron chi connectivity index (χ4n) is 4.67. The molecule has 2 heterocycles. The van der Waals surface area contributed by atoms with Crippen molar-refractivity contribution in [2.45, 2.75) is 78.4 Å². The maximum atomic E-state index is 13.7. The van der Waals surface area contributed by atoms with Gasteiger partial charge in [-0.3, -0.25) is 14.4 Å². The highest BCUT2D eigenvalue weighted by molar-refractivity contribution is 5.97. The summed E-state index contributed by atoms with van der Waals surface area (Å²) < 4.78 is 10.5. The van der Waals surface area contributed by atoms with Crippen LogP contribution >= 0.6 is 0 Å². The van der Waals surface area contributed by atoms with Crippen molar-refractivity contribution in [2.24, 2.45) is 0 Å². The van der Waals surface area contributed by atoms with Crippen LogP contribution in [-0.2, 0) is 25.5 Å². The number of nitrogens with zero attached hydrogens (tertiary/aromatic N) is 3. The first-order valence-corrected chi connectivity index (χ1v) is 14.8. The van der Waals surface area contributed by atoms with Crippen LogP contribution in [0.1, 0.15) is 76.4 Å². The van der Waals surface area contributed by atoms with Crippen LogP contribution in [0.5, 0.6) is 0 Å². The fraction of sp³-hybridized carbons (Fsp3) is 0.531. The van der Waals surface area contributed by atoms with Crippen LogP contribution in [0.15, 0.2) is 42.5 Å². The van der Waals surface area contributed by atoms with E-state index in [2.05, 4.69) is 17.2 Å². The maximum absolute atomic E-state index is 13.7. The summed E-state index contributed by atoms with van der Waals surface area (Å²) in [7, 11) is 0. The lowest BCUT2D eigenvalue weighted by Crippen LogP contribution is -2.56. The molecule has 42 heavy (non-hydrogen) atoms. The van der Waals surface area contributed by atoms with Crippen LogP contribution in [0, 0.1) is 0 Å². The predicted molar refractivity (Wildman–Crippen MR) is 160 cm³/mol. The van der Waals surface area contributed by atoms with Gasteiger partial charge in [0.25, 0.3) is 5.91 Å². The Morgan fingerprint density at radius 3 is 2.26 bits per heavy atom. The highest BCUT2D eigenvalue weighted by Crippen LogP contribution is 2.21. The van der Waals surface area contributed by atoms with Gasteiger partial charge in [0.2, 0.25) is 5.91 Å². The van der Waals surface area contributed by atoms with E-state index in [0.717, 1.165) is 30.4 Å². The number of aryl methyl sites for hydroxylation is 1. The number of piperazine rings is 1. The van der Waals surface area contributed by atoms with Gasteiger partial charge in [-0.25, -0.2) is 9.78 Å². The highest BCUT2D eigenvalue weighted by atomic mass is 16.6. The second-order valence-electron chi connectivity index (χ2n) is 11.4. The number of carbonyl (C=O) groups is 4. The van der Waals surface area contributed by atoms with Gasteiger partial charge >= 0.3 is 12.1 Å². The van der Waals surface area contributed by atoms with E-state index in [-0.39, 0.29) is 31.0 Å². The third-order valence-corrected chi connectivity index (χ3v) is 6.78. The average molecular weight is 581 g/mol. The van der Waals surface area contributed by atoms with Gasteiger partial charge in [0.05, 0.1) is 12.3 Å². The minimum atomic E-state index is -0.972. The molecule has 1 aromatic heterocycles. The fourth-order valence-corrected chi connectivity index (χ4v) is 4.67. The molecule has 228 valence electrons. The van der Waals surface area contributed by atoms with E-state index >= 15 is 0 Å². The number of unbranched alkanes of at least 4 members (excludes halogenated alkanes) is 1. The van der Waals surface area contributed by atoms with Crippen molar-refractivity contribution in [3.8, 4) is 11.3 Å². The van der Waals surface area contributed by atoms with Crippen molar-refractivity contribution >= 4 is 23.9 Å². The van der Waals surface area contributed by atoms with Crippen LogP contribution < -0.4 is 5.32 Å². The number of hydrogen-bond donors (Lipinski definition) is 1. The van der Waals surface area contributed by atoms with Crippen molar-refractivity contribution in [2.75, 3.05) is 32.8 Å². The van der Waals surface area contributed by atoms with E-state index in [1.54, 1.807) is 43.6 Å². The third-order valence-electron chi connectivity index (χ3n) is 6.78. The second-order valence-corrected chi connectivity index (χ2v) is 11.4. The number of rotatable bonds is 11. The smallest absolute Gasteiger partial charge is 0.409 e. The zero-order valence-electron chi connectivity index (χ0n) is 25.5. The zero-order valence-corrected chi connectivity index (χ0v) is 25.5. The van der Waals surface area contributed by atoms with Crippen LogP contribution in [0.25, 0.3) is 11.3 Å². The van der Waals surface area contributed by atoms with Crippen molar-refractivity contribution in [3.05, 3.63) is 53.7 Å². The lowest BCUT2D eigenvalue weighted by molar-refractivity contribution is -0.155. The quantitative estimate of drug-likeness (QED) is 0.386. The molecule has 10 nitrogen and oxygen atoms in total. The van der Waals surface area contributed by atoms with E-state index in [4.69, 9.17) is 9.47 Å². The molecule has 1 aliphatic rings. The molecule has 0 saturated carbocycles. The number of amides is 3. The first-order chi connectivity index (χ1) is 20.0. The summed E-state index contributed by atoms with van der Waals surface area (Å²) in [6, 6.07) is 12.4. The molecule has 10 heteroatoms. The molecule has 1 unspecified atom stereocenters. The normalized spacial score (nSPS) is 14.2. The van der Waals surface area contributed by atoms with Gasteiger partial charge < -0.3 is 24.6 Å². The van der Waals surface area contributed by atoms with Crippen LogP contribution in [0.3, 0.4) is 0 Å². The van der Waals surface area contributed by atoms with Gasteiger partial charge in [-0.1, -0.05) is 43.7 Å². The number of carbonyl (C=O) groups excluding carboxylic acids is 4. The molecular formula is C32H44N4O6. The SMILES string of the molecule is CCCCc1cc(C(=O)NC(CCC(=O)OC(C)(C)C)C(=O)N2CCN(C(=O)OCC)CC2)nc(-c2ccccc2)c1. The molecule has 1 N–H and O–H groups in total. The predicted octanol–water partition coefficient (Wildman–Crippen LogP) is 4.61. The summed E-state index contributed by atoms with van der Waals surface area (Å²) in [4.78, 5) is 59.7. The number of esters is 1. The van der Waals surface area contributed by atoms with E-state index in [0.29, 0.717) is 31.9 Å². The minimum absolute atomic E-state index is 0.0457. The zero-order chi connectivity index (χ0) is 30.7. The monoisotopic (exact) mass is 580 g/mol. The molecule has 3 rings (SSSR count). The van der Waals surface area contributed by atoms with Gasteiger partial charge in [0.15, 0.2) is 0 Å². The Balaban J connectivity index is 1.81. The Bertz CT molecular complexity index is 1220. The van der Waals surface area contributed by atoms with Crippen molar-refractivity contribution in [3.63, 3.8) is 0 Å². The van der Waals surface area contributed by atoms with Crippen molar-refractivity contribution in [1.29, 1.82) is 0 Å². The van der Waals surface area contributed by atoms with Crippen molar-refractivity contribution in [1.82, 2.24) is 20.1 Å². The highest BCUT2D eigenvalue weighted by Gasteiger charge is 2.32. The van der Waals surface area contributed by atoms with Gasteiger partial charge in [-0.15, -0.1) is 0 Å². The lowest BCUT2D eigenvalue weighted by atomic mass is 10.0. The Morgan fingerprint density at radius 1 is 0.976 bits per heavy atom. The van der Waals surface area contributed by atoms with Gasteiger partial charge in [-0.05, 0) is 64.7 Å². The summed E-state index contributed by atoms with van der Waals surface area (Å²) in [6.07, 6.45) is 2.38. The number of ether oxygens (including phenoxy) is 2. The Kier molecular flexibility index (Phi) is 11.9. The number of nitrogens with one attached hydrogen (secondary N) is 1. The topological polar surface area (TPSA) is 118 Å². The molecule has 1 fully saturated rings. The van der Waals surface area contributed by atoms with E-state index < -0.39 is 29.6 Å². The number of benzene rings is 1. The van der Waals surface area contributed by atoms with E-state index in [1.807, 2.05) is 36.4 Å². The maximum Gasteiger partial charge on any atom is 0.409 e. The molecule has 1 atom stereocenters. The molecule has 3 amide bonds. The molecule has 0 radical (unpaired) electrons. The standard InChI is InChI=1S/C32H44N4O6/c1-6-8-12-23-21-26(24-13-10-9-11-14-24)33-27(22-23)29(38)34-25(15-16-28(37)42-32(3,4)5)30(39)35-17-19-36(20-18-35)31(40)41-7-2/h9-11,13-14,21-22,25H,6-8,12,15-20H2,1-5H3,(H,34,38). The van der Waals surface area contributed by atoms with E-state index in [1.165, 1.54) is 0 Å². The van der Waals surface area contributed by atoms with Gasteiger partial charge in [-0.2, -0.15) is 0 Å². The molecule has 0 spiro atoms. The minimum Gasteiger partial charge on any atom is -0.460 e. The molecule has 1 aliphatic heterocycles. The second kappa shape index (κ2) is 15.3. The van der Waals surface area contributed by atoms with Gasteiger partial charge in [0, 0.05) is 38.2 Å². The molecule has 1 saturated heterocycles. The largest absolute Gasteiger partial charge is 0.460 e. The first kappa shape index (κ1) is 32.6. The molecule has 0 bridgehead atoms. The van der Waals surface area contributed by atoms with Crippen LogP contribution in [0.4, 0.5) is 4.79 Å². The molecule has 2 aromatic rings. The summed E-state index contributed by atoms with van der Waals surface area (Å²) in [5.41, 5.74) is 2.11. The molecule has 1 aromatic carbocycles. The Morgan fingerprint density at radius 2 is 1.64 bits per heavy atom. The summed E-state index contributed by atoms with van der Waals surface area (Å²) in [5, 5.41) is 2.86. The summed E-state index contributed by atoms with van der Waals surface area (Å²) >= 11 is 0. The Labute approximate surface area is 248 Å². The summed E-state index contributed by atoms with van der Waals surface area (Å²) in [6.45, 7) is 10.7. The van der Waals surface area contributed by atoms with E-state index in [9.17, 15) is 19.2 Å². The first-order valence-electron chi connectivity index (χ1n) is 14.8.